The van der Waals surface area contributed by atoms with Crippen molar-refractivity contribution in [3.63, 3.8) is 0 Å². The average Bonchev–Trinajstić information content (AvgIpc) is 2.34. The van der Waals surface area contributed by atoms with E-state index in [1.54, 1.807) is 12.1 Å². The van der Waals surface area contributed by atoms with Crippen molar-refractivity contribution < 1.29 is 14.3 Å². The normalized spacial score (nSPS) is 20.1. The number of carbonyl (C=O) groups is 1. The van der Waals surface area contributed by atoms with Crippen molar-refractivity contribution in [2.75, 3.05) is 30.8 Å². The summed E-state index contributed by atoms with van der Waals surface area (Å²) >= 11 is 0. The second kappa shape index (κ2) is 5.18. The number of esters is 1. The number of rotatable bonds is 2. The van der Waals surface area contributed by atoms with Gasteiger partial charge in [0.1, 0.15) is 0 Å². The lowest BCUT2D eigenvalue weighted by atomic mass is 9.99. The van der Waals surface area contributed by atoms with E-state index in [1.807, 2.05) is 27.7 Å². The van der Waals surface area contributed by atoms with E-state index in [4.69, 9.17) is 15.2 Å². The van der Waals surface area contributed by atoms with Gasteiger partial charge in [0.2, 0.25) is 0 Å². The van der Waals surface area contributed by atoms with Crippen LogP contribution in [-0.4, -0.2) is 42.4 Å². The van der Waals surface area contributed by atoms with Gasteiger partial charge in [-0.15, -0.1) is 0 Å². The number of pyridine rings is 1. The van der Waals surface area contributed by atoms with E-state index in [2.05, 4.69) is 9.88 Å². The van der Waals surface area contributed by atoms with Gasteiger partial charge in [0.25, 0.3) is 0 Å². The number of aromatic nitrogens is 1. The Morgan fingerprint density at radius 3 is 2.38 bits per heavy atom. The molecular formula is C15H23N3O3. The quantitative estimate of drug-likeness (QED) is 0.838. The maximum Gasteiger partial charge on any atom is 0.356 e. The molecule has 0 spiro atoms. The Bertz CT molecular complexity index is 539. The monoisotopic (exact) mass is 293 g/mol. The topological polar surface area (TPSA) is 77.7 Å². The summed E-state index contributed by atoms with van der Waals surface area (Å²) in [5, 5.41) is 0. The summed E-state index contributed by atoms with van der Waals surface area (Å²) in [6, 6.07) is 3.26. The molecule has 0 radical (unpaired) electrons. The van der Waals surface area contributed by atoms with Crippen LogP contribution in [0.2, 0.25) is 0 Å². The molecule has 0 atom stereocenters. The fourth-order valence-corrected chi connectivity index (χ4v) is 2.87. The van der Waals surface area contributed by atoms with Crippen molar-refractivity contribution in [2.45, 2.75) is 38.9 Å². The van der Waals surface area contributed by atoms with Crippen LogP contribution < -0.4 is 10.6 Å². The highest BCUT2D eigenvalue weighted by molar-refractivity contribution is 5.88. The maximum absolute atomic E-state index is 11.6. The molecule has 0 saturated carbocycles. The third-order valence-corrected chi connectivity index (χ3v) is 3.30. The van der Waals surface area contributed by atoms with Gasteiger partial charge < -0.3 is 20.1 Å². The molecule has 6 heteroatoms. The molecule has 1 aliphatic heterocycles. The molecule has 2 N–H and O–H groups in total. The minimum absolute atomic E-state index is 0.254. The zero-order valence-electron chi connectivity index (χ0n) is 13.3. The second-order valence-corrected chi connectivity index (χ2v) is 6.58. The zero-order chi connectivity index (χ0) is 15.8. The van der Waals surface area contributed by atoms with Gasteiger partial charge >= 0.3 is 5.97 Å². The summed E-state index contributed by atoms with van der Waals surface area (Å²) in [5.41, 5.74) is 6.19. The summed E-state index contributed by atoms with van der Waals surface area (Å²) in [6.45, 7) is 9.42. The van der Waals surface area contributed by atoms with Crippen LogP contribution in [0.3, 0.4) is 0 Å². The largest absolute Gasteiger partial charge is 0.464 e. The smallest absolute Gasteiger partial charge is 0.356 e. The number of ether oxygens (including phenoxy) is 2. The predicted octanol–water partition coefficient (Wildman–Crippen LogP) is 1.84. The highest BCUT2D eigenvalue weighted by Crippen LogP contribution is 2.33. The van der Waals surface area contributed by atoms with E-state index in [9.17, 15) is 4.79 Å². The fourth-order valence-electron chi connectivity index (χ4n) is 2.87. The highest BCUT2D eigenvalue weighted by atomic mass is 16.5. The predicted molar refractivity (Wildman–Crippen MR) is 81.4 cm³/mol. The van der Waals surface area contributed by atoms with Crippen LogP contribution in [0.15, 0.2) is 12.1 Å². The van der Waals surface area contributed by atoms with Gasteiger partial charge in [0.15, 0.2) is 11.5 Å². The molecule has 2 rings (SSSR count). The first-order chi connectivity index (χ1) is 9.63. The first kappa shape index (κ1) is 15.6. The number of nitrogen functional groups attached to an aromatic ring is 1. The zero-order valence-corrected chi connectivity index (χ0v) is 13.3. The lowest BCUT2D eigenvalue weighted by Gasteiger charge is -2.47. The highest BCUT2D eigenvalue weighted by Gasteiger charge is 2.39. The lowest BCUT2D eigenvalue weighted by Crippen LogP contribution is -2.57. The number of carbonyl (C=O) groups excluding carboxylic acids is 1. The van der Waals surface area contributed by atoms with Gasteiger partial charge in [-0.25, -0.2) is 9.78 Å². The summed E-state index contributed by atoms with van der Waals surface area (Å²) in [4.78, 5) is 18.1. The minimum atomic E-state index is -0.469. The molecule has 0 unspecified atom stereocenters. The van der Waals surface area contributed by atoms with Crippen LogP contribution in [0.5, 0.6) is 0 Å². The molecular weight excluding hydrogens is 270 g/mol. The van der Waals surface area contributed by atoms with Gasteiger partial charge in [-0.05, 0) is 39.8 Å². The Morgan fingerprint density at radius 1 is 1.29 bits per heavy atom. The Morgan fingerprint density at radius 2 is 1.86 bits per heavy atom. The van der Waals surface area contributed by atoms with Crippen molar-refractivity contribution in [3.8, 4) is 0 Å². The molecule has 21 heavy (non-hydrogen) atoms. The first-order valence-electron chi connectivity index (χ1n) is 6.93. The van der Waals surface area contributed by atoms with Crippen molar-refractivity contribution in [2.24, 2.45) is 0 Å². The SMILES string of the molecule is COC(=O)c1ccc(N)c(N2CC(C)(C)OC(C)(C)C2)n1. The van der Waals surface area contributed by atoms with Gasteiger partial charge in [0, 0.05) is 13.1 Å². The summed E-state index contributed by atoms with van der Waals surface area (Å²) in [5.74, 6) is 0.130. The van der Waals surface area contributed by atoms with Crippen LogP contribution in [-0.2, 0) is 9.47 Å². The van der Waals surface area contributed by atoms with Crippen molar-refractivity contribution in [3.05, 3.63) is 17.8 Å². The van der Waals surface area contributed by atoms with E-state index in [0.29, 0.717) is 24.6 Å². The molecule has 1 saturated heterocycles. The number of nitrogens with zero attached hydrogens (tertiary/aromatic N) is 2. The molecule has 116 valence electrons. The van der Waals surface area contributed by atoms with E-state index in [1.165, 1.54) is 7.11 Å². The van der Waals surface area contributed by atoms with Crippen LogP contribution in [0.25, 0.3) is 0 Å². The molecule has 1 aromatic heterocycles. The summed E-state index contributed by atoms with van der Waals surface area (Å²) < 4.78 is 10.8. The Balaban J connectivity index is 2.38. The van der Waals surface area contributed by atoms with E-state index in [0.717, 1.165) is 0 Å². The van der Waals surface area contributed by atoms with Crippen molar-refractivity contribution in [1.82, 2.24) is 4.98 Å². The average molecular weight is 293 g/mol. The van der Waals surface area contributed by atoms with Gasteiger partial charge in [0.05, 0.1) is 24.0 Å². The van der Waals surface area contributed by atoms with Gasteiger partial charge in [-0.1, -0.05) is 0 Å². The van der Waals surface area contributed by atoms with Crippen LogP contribution in [0.4, 0.5) is 11.5 Å². The molecule has 0 bridgehead atoms. The Kier molecular flexibility index (Phi) is 3.84. The molecule has 1 aliphatic rings. The number of hydrogen-bond acceptors (Lipinski definition) is 6. The molecule has 1 fully saturated rings. The second-order valence-electron chi connectivity index (χ2n) is 6.58. The number of hydrogen-bond donors (Lipinski definition) is 1. The van der Waals surface area contributed by atoms with Gasteiger partial charge in [-0.3, -0.25) is 0 Å². The number of morpholine rings is 1. The molecule has 6 nitrogen and oxygen atoms in total. The van der Waals surface area contributed by atoms with Crippen LogP contribution in [0.1, 0.15) is 38.2 Å². The molecule has 0 aromatic carbocycles. The number of methoxy groups -OCH3 is 1. The Labute approximate surface area is 125 Å². The molecule has 0 aliphatic carbocycles. The maximum atomic E-state index is 11.6. The summed E-state index contributed by atoms with van der Waals surface area (Å²) in [7, 11) is 1.33. The van der Waals surface area contributed by atoms with E-state index >= 15 is 0 Å². The van der Waals surface area contributed by atoms with Crippen molar-refractivity contribution >= 4 is 17.5 Å². The minimum Gasteiger partial charge on any atom is -0.464 e. The number of nitrogens with two attached hydrogens (primary N) is 1. The van der Waals surface area contributed by atoms with Crippen LogP contribution in [0, 0.1) is 0 Å². The third kappa shape index (κ3) is 3.44. The van der Waals surface area contributed by atoms with E-state index in [-0.39, 0.29) is 16.9 Å². The fraction of sp³-hybridized carbons (Fsp3) is 0.600. The lowest BCUT2D eigenvalue weighted by molar-refractivity contribution is -0.133. The van der Waals surface area contributed by atoms with Crippen LogP contribution >= 0.6 is 0 Å². The Hall–Kier alpha value is -1.82. The van der Waals surface area contributed by atoms with Gasteiger partial charge in [-0.2, -0.15) is 0 Å². The third-order valence-electron chi connectivity index (χ3n) is 3.30. The number of anilines is 2. The standard InChI is InChI=1S/C15H23N3O3/c1-14(2)8-18(9-15(3,4)21-14)12-10(16)6-7-11(17-12)13(19)20-5/h6-7H,8-9,16H2,1-5H3. The summed E-state index contributed by atoms with van der Waals surface area (Å²) in [6.07, 6.45) is 0. The van der Waals surface area contributed by atoms with E-state index < -0.39 is 5.97 Å². The molecule has 2 heterocycles. The molecule has 1 aromatic rings. The first-order valence-corrected chi connectivity index (χ1v) is 6.93. The molecule has 0 amide bonds. The van der Waals surface area contributed by atoms with Crippen molar-refractivity contribution in [1.29, 1.82) is 0 Å².